The summed E-state index contributed by atoms with van der Waals surface area (Å²) < 4.78 is 10.8. The molecule has 1 fully saturated rings. The molecule has 94 valence electrons. The van der Waals surface area contributed by atoms with Crippen molar-refractivity contribution in [2.45, 2.75) is 25.9 Å². The van der Waals surface area contributed by atoms with Crippen molar-refractivity contribution in [2.24, 2.45) is 0 Å². The van der Waals surface area contributed by atoms with E-state index in [1.165, 1.54) is 5.69 Å². The summed E-state index contributed by atoms with van der Waals surface area (Å²) in [6.45, 7) is 5.18. The van der Waals surface area contributed by atoms with Crippen LogP contribution in [0.25, 0.3) is 0 Å². The zero-order chi connectivity index (χ0) is 11.9. The molecule has 0 N–H and O–H groups in total. The zero-order valence-corrected chi connectivity index (χ0v) is 10.3. The molecule has 1 aliphatic heterocycles. The van der Waals surface area contributed by atoms with Gasteiger partial charge < -0.3 is 14.4 Å². The van der Waals surface area contributed by atoms with E-state index in [4.69, 9.17) is 9.47 Å². The molecule has 0 aromatic carbocycles. The smallest absolute Gasteiger partial charge is 0.147 e. The lowest BCUT2D eigenvalue weighted by atomic mass is 10.1. The van der Waals surface area contributed by atoms with Crippen LogP contribution in [0.5, 0.6) is 0 Å². The monoisotopic (exact) mass is 236 g/mol. The van der Waals surface area contributed by atoms with Crippen molar-refractivity contribution in [3.8, 4) is 0 Å². The summed E-state index contributed by atoms with van der Waals surface area (Å²) in [6.07, 6.45) is 6.18. The van der Waals surface area contributed by atoms with Gasteiger partial charge in [0.1, 0.15) is 6.79 Å². The lowest BCUT2D eigenvalue weighted by Crippen LogP contribution is -2.37. The predicted octanol–water partition coefficient (Wildman–Crippen LogP) is 2.06. The minimum absolute atomic E-state index is 0.342. The molecule has 17 heavy (non-hydrogen) atoms. The fourth-order valence-electron chi connectivity index (χ4n) is 2.05. The van der Waals surface area contributed by atoms with Gasteiger partial charge in [0.15, 0.2) is 0 Å². The second-order valence-corrected chi connectivity index (χ2v) is 4.17. The fraction of sp³-hybridized carbons (Fsp3) is 0.615. The number of pyridine rings is 1. The summed E-state index contributed by atoms with van der Waals surface area (Å²) in [7, 11) is 0. The molecule has 0 unspecified atom stereocenters. The number of ether oxygens (including phenoxy) is 2. The van der Waals surface area contributed by atoms with E-state index in [0.29, 0.717) is 19.5 Å². The van der Waals surface area contributed by atoms with Gasteiger partial charge in [0.05, 0.1) is 18.0 Å². The number of nitrogens with zero attached hydrogens (tertiary/aromatic N) is 2. The minimum atomic E-state index is 0.342. The van der Waals surface area contributed by atoms with Crippen LogP contribution < -0.4 is 4.90 Å². The standard InChI is InChI=1S/C13H20N2O2/c1-2-16-11-17-13-5-8-15(9-6-13)12-4-3-7-14-10-12/h3-4,7,10,13H,2,5-6,8-9,11H2,1H3. The van der Waals surface area contributed by atoms with Crippen LogP contribution in [-0.2, 0) is 9.47 Å². The molecule has 0 atom stereocenters. The van der Waals surface area contributed by atoms with Gasteiger partial charge in [-0.05, 0) is 31.9 Å². The average Bonchev–Trinajstić information content (AvgIpc) is 2.41. The van der Waals surface area contributed by atoms with Crippen molar-refractivity contribution >= 4 is 5.69 Å². The third-order valence-electron chi connectivity index (χ3n) is 3.04. The van der Waals surface area contributed by atoms with Gasteiger partial charge in [0, 0.05) is 25.9 Å². The molecule has 0 radical (unpaired) electrons. The Hall–Kier alpha value is -1.13. The second kappa shape index (κ2) is 6.57. The predicted molar refractivity (Wildman–Crippen MR) is 67.1 cm³/mol. The van der Waals surface area contributed by atoms with Crippen LogP contribution in [0.1, 0.15) is 19.8 Å². The largest absolute Gasteiger partial charge is 0.370 e. The van der Waals surface area contributed by atoms with E-state index in [1.54, 1.807) is 6.20 Å². The Morgan fingerprint density at radius 1 is 1.41 bits per heavy atom. The average molecular weight is 236 g/mol. The molecule has 0 aliphatic carbocycles. The summed E-state index contributed by atoms with van der Waals surface area (Å²) >= 11 is 0. The number of anilines is 1. The molecule has 0 spiro atoms. The van der Waals surface area contributed by atoms with E-state index >= 15 is 0 Å². The molecule has 1 aromatic rings. The lowest BCUT2D eigenvalue weighted by Gasteiger charge is -2.33. The Kier molecular flexibility index (Phi) is 4.76. The number of aromatic nitrogens is 1. The SMILES string of the molecule is CCOCOC1CCN(c2cccnc2)CC1. The topological polar surface area (TPSA) is 34.6 Å². The summed E-state index contributed by atoms with van der Waals surface area (Å²) in [5, 5.41) is 0. The van der Waals surface area contributed by atoms with Crippen molar-refractivity contribution in [1.82, 2.24) is 4.98 Å². The molecule has 2 rings (SSSR count). The van der Waals surface area contributed by atoms with E-state index in [-0.39, 0.29) is 0 Å². The molecular formula is C13H20N2O2. The van der Waals surface area contributed by atoms with Gasteiger partial charge in [0.2, 0.25) is 0 Å². The van der Waals surface area contributed by atoms with Gasteiger partial charge >= 0.3 is 0 Å². The quantitative estimate of drug-likeness (QED) is 0.579. The van der Waals surface area contributed by atoms with Gasteiger partial charge in [-0.15, -0.1) is 0 Å². The summed E-state index contributed by atoms with van der Waals surface area (Å²) in [6, 6.07) is 4.08. The van der Waals surface area contributed by atoms with E-state index in [2.05, 4.69) is 16.0 Å². The summed E-state index contributed by atoms with van der Waals surface area (Å²) in [4.78, 5) is 6.50. The molecule has 0 bridgehead atoms. The maximum absolute atomic E-state index is 5.64. The van der Waals surface area contributed by atoms with E-state index in [1.807, 2.05) is 19.2 Å². The third-order valence-corrected chi connectivity index (χ3v) is 3.04. The third kappa shape index (κ3) is 3.68. The molecule has 1 aromatic heterocycles. The maximum Gasteiger partial charge on any atom is 0.147 e. The second-order valence-electron chi connectivity index (χ2n) is 4.17. The first kappa shape index (κ1) is 12.3. The molecule has 4 nitrogen and oxygen atoms in total. The number of rotatable bonds is 5. The van der Waals surface area contributed by atoms with Gasteiger partial charge in [-0.3, -0.25) is 4.98 Å². The van der Waals surface area contributed by atoms with Crippen LogP contribution >= 0.6 is 0 Å². The first-order valence-electron chi connectivity index (χ1n) is 6.24. The molecule has 0 amide bonds. The molecule has 2 heterocycles. The number of hydrogen-bond donors (Lipinski definition) is 0. The minimum Gasteiger partial charge on any atom is -0.370 e. The Bertz CT molecular complexity index is 310. The normalized spacial score (nSPS) is 17.4. The Morgan fingerprint density at radius 3 is 2.88 bits per heavy atom. The maximum atomic E-state index is 5.64. The number of piperidine rings is 1. The van der Waals surface area contributed by atoms with Gasteiger partial charge in [-0.2, -0.15) is 0 Å². The molecule has 0 saturated carbocycles. The molecule has 4 heteroatoms. The fourth-order valence-corrected chi connectivity index (χ4v) is 2.05. The van der Waals surface area contributed by atoms with E-state index < -0.39 is 0 Å². The Balaban J connectivity index is 1.74. The van der Waals surface area contributed by atoms with Crippen LogP contribution in [0.15, 0.2) is 24.5 Å². The molecular weight excluding hydrogens is 216 g/mol. The van der Waals surface area contributed by atoms with E-state index in [9.17, 15) is 0 Å². The Labute approximate surface area is 103 Å². The van der Waals surface area contributed by atoms with Gasteiger partial charge in [-0.1, -0.05) is 0 Å². The van der Waals surface area contributed by atoms with Gasteiger partial charge in [0.25, 0.3) is 0 Å². The first-order valence-corrected chi connectivity index (χ1v) is 6.24. The highest BCUT2D eigenvalue weighted by Gasteiger charge is 2.19. The first-order chi connectivity index (χ1) is 8.40. The lowest BCUT2D eigenvalue weighted by molar-refractivity contribution is -0.0917. The van der Waals surface area contributed by atoms with Crippen molar-refractivity contribution in [3.05, 3.63) is 24.5 Å². The van der Waals surface area contributed by atoms with E-state index in [0.717, 1.165) is 25.9 Å². The van der Waals surface area contributed by atoms with Crippen LogP contribution in [0.2, 0.25) is 0 Å². The highest BCUT2D eigenvalue weighted by molar-refractivity contribution is 5.43. The van der Waals surface area contributed by atoms with Crippen LogP contribution in [0.3, 0.4) is 0 Å². The van der Waals surface area contributed by atoms with Gasteiger partial charge in [-0.25, -0.2) is 0 Å². The molecule has 1 saturated heterocycles. The molecule has 1 aliphatic rings. The van der Waals surface area contributed by atoms with Crippen LogP contribution in [0, 0.1) is 0 Å². The van der Waals surface area contributed by atoms with Crippen LogP contribution in [-0.4, -0.2) is 37.6 Å². The van der Waals surface area contributed by atoms with Crippen molar-refractivity contribution in [2.75, 3.05) is 31.4 Å². The van der Waals surface area contributed by atoms with Crippen molar-refractivity contribution in [3.63, 3.8) is 0 Å². The highest BCUT2D eigenvalue weighted by Crippen LogP contribution is 2.20. The zero-order valence-electron chi connectivity index (χ0n) is 10.3. The number of hydrogen-bond acceptors (Lipinski definition) is 4. The van der Waals surface area contributed by atoms with Crippen molar-refractivity contribution < 1.29 is 9.47 Å². The van der Waals surface area contributed by atoms with Crippen LogP contribution in [0.4, 0.5) is 5.69 Å². The van der Waals surface area contributed by atoms with Crippen molar-refractivity contribution in [1.29, 1.82) is 0 Å². The summed E-state index contributed by atoms with van der Waals surface area (Å²) in [5.41, 5.74) is 1.20. The highest BCUT2D eigenvalue weighted by atomic mass is 16.7. The Morgan fingerprint density at radius 2 is 2.24 bits per heavy atom. The summed E-state index contributed by atoms with van der Waals surface area (Å²) in [5.74, 6) is 0.